The molecule has 0 unspecified atom stereocenters. The Morgan fingerprint density at radius 2 is 1.34 bits per heavy atom. The van der Waals surface area contributed by atoms with Crippen molar-refractivity contribution in [1.82, 2.24) is 15.0 Å². The molecule has 8 heteroatoms. The lowest BCUT2D eigenvalue weighted by Crippen LogP contribution is -2.19. The second-order valence-corrected chi connectivity index (χ2v) is 10.8. The third-order valence-corrected chi connectivity index (χ3v) is 7.96. The lowest BCUT2D eigenvalue weighted by molar-refractivity contribution is 0.432. The summed E-state index contributed by atoms with van der Waals surface area (Å²) in [5, 5.41) is 30.1. The van der Waals surface area contributed by atoms with Crippen LogP contribution >= 0.6 is 0 Å². The Morgan fingerprint density at radius 3 is 2.03 bits per heavy atom. The minimum atomic E-state index is -3.72. The van der Waals surface area contributed by atoms with Crippen LogP contribution in [0.1, 0.15) is 25.0 Å². The fourth-order valence-electron chi connectivity index (χ4n) is 4.14. The molecule has 0 saturated carbocycles. The first kappa shape index (κ1) is 22.6. The summed E-state index contributed by atoms with van der Waals surface area (Å²) < 4.78 is 26.0. The van der Waals surface area contributed by atoms with Gasteiger partial charge >= 0.3 is 0 Å². The summed E-state index contributed by atoms with van der Waals surface area (Å²) in [7, 11) is -3.72. The summed E-state index contributed by atoms with van der Waals surface area (Å²) in [4.78, 5) is 1.54. The molecule has 0 amide bonds. The van der Waals surface area contributed by atoms with Gasteiger partial charge in [0.2, 0.25) is 9.84 Å². The van der Waals surface area contributed by atoms with Crippen molar-refractivity contribution in [2.45, 2.75) is 29.1 Å². The van der Waals surface area contributed by atoms with Gasteiger partial charge in [-0.15, -0.1) is 15.0 Å². The standard InChI is InChI=1S/C27H23N3O4S/c1-27(2,18-9-5-3-6-10-18)21-16-24(26(32)17-25(21)31)30-28-22-14-13-20(15-23(22)29-30)35(33,34)19-11-7-4-8-12-19/h3-17,31-32H,1-2H3. The quantitative estimate of drug-likeness (QED) is 0.363. The maximum Gasteiger partial charge on any atom is 0.206 e. The highest BCUT2D eigenvalue weighted by Crippen LogP contribution is 2.40. The number of phenolic OH excluding ortho intramolecular Hbond substituents is 2. The van der Waals surface area contributed by atoms with E-state index in [0.717, 1.165) is 5.56 Å². The van der Waals surface area contributed by atoms with Crippen molar-refractivity contribution in [2.24, 2.45) is 0 Å². The van der Waals surface area contributed by atoms with E-state index in [-0.39, 0.29) is 27.0 Å². The van der Waals surface area contributed by atoms with Gasteiger partial charge in [0.15, 0.2) is 0 Å². The summed E-state index contributed by atoms with van der Waals surface area (Å²) in [5.74, 6) is -0.249. The highest BCUT2D eigenvalue weighted by atomic mass is 32.2. The Balaban J connectivity index is 1.60. The van der Waals surface area contributed by atoms with Crippen molar-refractivity contribution in [3.05, 3.63) is 102 Å². The monoisotopic (exact) mass is 485 g/mol. The van der Waals surface area contributed by atoms with E-state index in [1.165, 1.54) is 23.0 Å². The van der Waals surface area contributed by atoms with Crippen molar-refractivity contribution in [3.63, 3.8) is 0 Å². The number of phenols is 2. The highest BCUT2D eigenvalue weighted by Gasteiger charge is 2.28. The molecule has 0 aliphatic heterocycles. The molecule has 5 rings (SSSR count). The van der Waals surface area contributed by atoms with E-state index >= 15 is 0 Å². The van der Waals surface area contributed by atoms with Gasteiger partial charge in [-0.3, -0.25) is 0 Å². The third kappa shape index (κ3) is 3.91. The van der Waals surface area contributed by atoms with Crippen LogP contribution in [0.2, 0.25) is 0 Å². The second kappa shape index (κ2) is 8.25. The molecule has 1 aromatic heterocycles. The molecular formula is C27H23N3O4S. The van der Waals surface area contributed by atoms with Gasteiger partial charge in [-0.25, -0.2) is 8.42 Å². The average molecular weight is 486 g/mol. The zero-order chi connectivity index (χ0) is 24.8. The number of benzene rings is 4. The molecular weight excluding hydrogens is 462 g/mol. The minimum Gasteiger partial charge on any atom is -0.507 e. The van der Waals surface area contributed by atoms with Gasteiger partial charge in [0.05, 0.1) is 9.79 Å². The molecule has 1 heterocycles. The SMILES string of the molecule is CC(C)(c1ccccc1)c1cc(-n2nc3ccc(S(=O)(=O)c4ccccc4)cc3n2)c(O)cc1O. The smallest absolute Gasteiger partial charge is 0.206 e. The summed E-state index contributed by atoms with van der Waals surface area (Å²) in [6.45, 7) is 3.96. The molecule has 0 aliphatic carbocycles. The van der Waals surface area contributed by atoms with Crippen LogP contribution in [0, 0.1) is 0 Å². The molecule has 176 valence electrons. The molecule has 0 spiro atoms. The van der Waals surface area contributed by atoms with E-state index in [1.54, 1.807) is 42.5 Å². The third-order valence-electron chi connectivity index (χ3n) is 6.19. The van der Waals surface area contributed by atoms with E-state index in [1.807, 2.05) is 44.2 Å². The predicted octanol–water partition coefficient (Wildman–Crippen LogP) is 4.99. The summed E-state index contributed by atoms with van der Waals surface area (Å²) in [6, 6.07) is 25.4. The van der Waals surface area contributed by atoms with Gasteiger partial charge in [-0.1, -0.05) is 62.4 Å². The number of aromatic hydroxyl groups is 2. The zero-order valence-electron chi connectivity index (χ0n) is 19.1. The summed E-state index contributed by atoms with van der Waals surface area (Å²) >= 11 is 0. The molecule has 0 atom stereocenters. The van der Waals surface area contributed by atoms with Crippen LogP contribution in [-0.2, 0) is 15.3 Å². The fourth-order valence-corrected chi connectivity index (χ4v) is 5.44. The van der Waals surface area contributed by atoms with Crippen LogP contribution in [0.15, 0.2) is 101 Å². The summed E-state index contributed by atoms with van der Waals surface area (Å²) in [5.41, 5.74) is 2.10. The average Bonchev–Trinajstić information content (AvgIpc) is 3.28. The molecule has 35 heavy (non-hydrogen) atoms. The number of fused-ring (bicyclic) bond motifs is 1. The van der Waals surface area contributed by atoms with E-state index in [4.69, 9.17) is 0 Å². The number of rotatable bonds is 5. The van der Waals surface area contributed by atoms with Gasteiger partial charge in [0.25, 0.3) is 0 Å². The molecule has 0 fully saturated rings. The van der Waals surface area contributed by atoms with E-state index < -0.39 is 15.3 Å². The minimum absolute atomic E-state index is 0.0481. The van der Waals surface area contributed by atoms with Gasteiger partial charge in [0.1, 0.15) is 28.2 Å². The Morgan fingerprint density at radius 1 is 0.714 bits per heavy atom. The van der Waals surface area contributed by atoms with Crippen molar-refractivity contribution in [2.75, 3.05) is 0 Å². The molecule has 4 aromatic carbocycles. The van der Waals surface area contributed by atoms with Gasteiger partial charge < -0.3 is 10.2 Å². The van der Waals surface area contributed by atoms with E-state index in [2.05, 4.69) is 10.2 Å². The number of aromatic nitrogens is 3. The molecule has 0 aliphatic rings. The van der Waals surface area contributed by atoms with E-state index in [9.17, 15) is 18.6 Å². The van der Waals surface area contributed by atoms with E-state index in [0.29, 0.717) is 16.6 Å². The number of hydrogen-bond donors (Lipinski definition) is 2. The lowest BCUT2D eigenvalue weighted by atomic mass is 9.77. The van der Waals surface area contributed by atoms with Crippen molar-refractivity contribution in [1.29, 1.82) is 0 Å². The van der Waals surface area contributed by atoms with Gasteiger partial charge in [-0.2, -0.15) is 0 Å². The van der Waals surface area contributed by atoms with Crippen LogP contribution in [-0.4, -0.2) is 33.6 Å². The van der Waals surface area contributed by atoms with Crippen molar-refractivity contribution >= 4 is 20.9 Å². The molecule has 7 nitrogen and oxygen atoms in total. The highest BCUT2D eigenvalue weighted by molar-refractivity contribution is 7.91. The number of sulfone groups is 1. The van der Waals surface area contributed by atoms with Crippen LogP contribution < -0.4 is 0 Å². The number of nitrogens with zero attached hydrogens (tertiary/aromatic N) is 3. The first-order valence-electron chi connectivity index (χ1n) is 11.0. The van der Waals surface area contributed by atoms with Crippen LogP contribution in [0.4, 0.5) is 0 Å². The molecule has 0 bridgehead atoms. The van der Waals surface area contributed by atoms with Crippen LogP contribution in [0.5, 0.6) is 11.5 Å². The van der Waals surface area contributed by atoms with Crippen LogP contribution in [0.25, 0.3) is 16.7 Å². The fraction of sp³-hybridized carbons (Fsp3) is 0.111. The maximum absolute atomic E-state index is 13.0. The molecule has 5 aromatic rings. The van der Waals surface area contributed by atoms with Gasteiger partial charge in [-0.05, 0) is 42.0 Å². The Labute approximate surface area is 202 Å². The van der Waals surface area contributed by atoms with Gasteiger partial charge in [0, 0.05) is 17.0 Å². The first-order valence-corrected chi connectivity index (χ1v) is 12.5. The van der Waals surface area contributed by atoms with Crippen molar-refractivity contribution in [3.8, 4) is 17.2 Å². The van der Waals surface area contributed by atoms with Crippen LogP contribution in [0.3, 0.4) is 0 Å². The molecule has 2 N–H and O–H groups in total. The molecule has 0 radical (unpaired) electrons. The Bertz CT molecular complexity index is 1640. The zero-order valence-corrected chi connectivity index (χ0v) is 19.9. The predicted molar refractivity (Wildman–Crippen MR) is 133 cm³/mol. The molecule has 0 saturated heterocycles. The number of hydrogen-bond acceptors (Lipinski definition) is 6. The van der Waals surface area contributed by atoms with Crippen molar-refractivity contribution < 1.29 is 18.6 Å². The first-order chi connectivity index (χ1) is 16.7. The Kier molecular flexibility index (Phi) is 5.33. The normalized spacial score (nSPS) is 12.2. The maximum atomic E-state index is 13.0. The largest absolute Gasteiger partial charge is 0.507 e. The second-order valence-electron chi connectivity index (χ2n) is 8.81. The summed E-state index contributed by atoms with van der Waals surface area (Å²) in [6.07, 6.45) is 0. The topological polar surface area (TPSA) is 105 Å². The lowest BCUT2D eigenvalue weighted by Gasteiger charge is -2.27. The Hall–Kier alpha value is -4.17.